The van der Waals surface area contributed by atoms with Crippen LogP contribution in [0.1, 0.15) is 27.2 Å². The molecule has 0 aromatic heterocycles. The first-order chi connectivity index (χ1) is 10.9. The number of ketones is 2. The molecule has 0 amide bonds. The number of Topliss-reactive ketones (excluding diaryl/α,β-unsaturated/α-hetero) is 1. The van der Waals surface area contributed by atoms with Gasteiger partial charge in [0.25, 0.3) is 0 Å². The van der Waals surface area contributed by atoms with Crippen molar-refractivity contribution in [2.24, 2.45) is 0 Å². The van der Waals surface area contributed by atoms with Gasteiger partial charge < -0.3 is 14.4 Å². The Morgan fingerprint density at radius 2 is 2.13 bits per heavy atom. The molecule has 1 atom stereocenters. The fourth-order valence-electron chi connectivity index (χ4n) is 2.31. The SMILES string of the molecule is CCOC(=O)C(C)N1C=COC(C2=C(C(C)=O)C=CC(=O)C2)=C1. The molecule has 1 aliphatic heterocycles. The second kappa shape index (κ2) is 7.09. The third kappa shape index (κ3) is 3.77. The van der Waals surface area contributed by atoms with E-state index in [0.29, 0.717) is 23.5 Å². The van der Waals surface area contributed by atoms with Crippen LogP contribution in [0.25, 0.3) is 0 Å². The highest BCUT2D eigenvalue weighted by molar-refractivity contribution is 6.04. The van der Waals surface area contributed by atoms with E-state index in [-0.39, 0.29) is 24.0 Å². The summed E-state index contributed by atoms with van der Waals surface area (Å²) in [5, 5.41) is 0. The maximum Gasteiger partial charge on any atom is 0.328 e. The smallest absolute Gasteiger partial charge is 0.328 e. The molecular formula is C17H19NO5. The molecule has 0 bridgehead atoms. The molecule has 0 aromatic carbocycles. The highest BCUT2D eigenvalue weighted by Gasteiger charge is 2.26. The highest BCUT2D eigenvalue weighted by Crippen LogP contribution is 2.28. The van der Waals surface area contributed by atoms with Gasteiger partial charge >= 0.3 is 5.97 Å². The van der Waals surface area contributed by atoms with Crippen molar-refractivity contribution >= 4 is 17.5 Å². The molecule has 6 heteroatoms. The van der Waals surface area contributed by atoms with E-state index >= 15 is 0 Å². The average Bonchev–Trinajstić information content (AvgIpc) is 2.54. The van der Waals surface area contributed by atoms with Gasteiger partial charge in [-0.05, 0) is 32.9 Å². The van der Waals surface area contributed by atoms with Crippen molar-refractivity contribution in [2.75, 3.05) is 6.61 Å². The molecule has 23 heavy (non-hydrogen) atoms. The van der Waals surface area contributed by atoms with E-state index in [2.05, 4.69) is 0 Å². The maximum atomic E-state index is 11.9. The van der Waals surface area contributed by atoms with Crippen LogP contribution in [0.15, 0.2) is 47.7 Å². The Morgan fingerprint density at radius 3 is 2.78 bits per heavy atom. The number of ether oxygens (including phenoxy) is 2. The summed E-state index contributed by atoms with van der Waals surface area (Å²) in [5.41, 5.74) is 0.963. The largest absolute Gasteiger partial charge is 0.464 e. The number of esters is 1. The number of rotatable bonds is 5. The predicted molar refractivity (Wildman–Crippen MR) is 82.7 cm³/mol. The van der Waals surface area contributed by atoms with Crippen LogP contribution in [0.4, 0.5) is 0 Å². The quantitative estimate of drug-likeness (QED) is 0.722. The summed E-state index contributed by atoms with van der Waals surface area (Å²) < 4.78 is 10.5. The molecule has 1 unspecified atom stereocenters. The maximum absolute atomic E-state index is 11.9. The van der Waals surface area contributed by atoms with Crippen molar-refractivity contribution in [3.8, 4) is 0 Å². The van der Waals surface area contributed by atoms with Gasteiger partial charge in [-0.1, -0.05) is 0 Å². The van der Waals surface area contributed by atoms with E-state index < -0.39 is 6.04 Å². The third-order valence-corrected chi connectivity index (χ3v) is 3.56. The van der Waals surface area contributed by atoms with Crippen molar-refractivity contribution < 1.29 is 23.9 Å². The molecule has 0 radical (unpaired) electrons. The van der Waals surface area contributed by atoms with E-state index in [9.17, 15) is 14.4 Å². The second-order valence-electron chi connectivity index (χ2n) is 5.20. The molecule has 0 saturated heterocycles. The van der Waals surface area contributed by atoms with Crippen LogP contribution in [-0.4, -0.2) is 35.1 Å². The van der Waals surface area contributed by atoms with E-state index in [4.69, 9.17) is 9.47 Å². The fourth-order valence-corrected chi connectivity index (χ4v) is 2.31. The molecule has 0 N–H and O–H groups in total. The van der Waals surface area contributed by atoms with Gasteiger partial charge in [-0.2, -0.15) is 0 Å². The molecule has 0 fully saturated rings. The minimum Gasteiger partial charge on any atom is -0.464 e. The first-order valence-electron chi connectivity index (χ1n) is 7.38. The van der Waals surface area contributed by atoms with Gasteiger partial charge in [0.1, 0.15) is 18.1 Å². The topological polar surface area (TPSA) is 72.9 Å². The third-order valence-electron chi connectivity index (χ3n) is 3.56. The number of carbonyl (C=O) groups excluding carboxylic acids is 3. The van der Waals surface area contributed by atoms with E-state index in [1.165, 1.54) is 25.3 Å². The Morgan fingerprint density at radius 1 is 1.39 bits per heavy atom. The number of carbonyl (C=O) groups is 3. The van der Waals surface area contributed by atoms with Gasteiger partial charge in [-0.3, -0.25) is 9.59 Å². The molecule has 2 rings (SSSR count). The fraction of sp³-hybridized carbons (Fsp3) is 0.353. The van der Waals surface area contributed by atoms with Gasteiger partial charge in [0, 0.05) is 30.0 Å². The lowest BCUT2D eigenvalue weighted by Gasteiger charge is -2.27. The second-order valence-corrected chi connectivity index (χ2v) is 5.20. The molecule has 2 aliphatic rings. The number of hydrogen-bond acceptors (Lipinski definition) is 6. The summed E-state index contributed by atoms with van der Waals surface area (Å²) in [5.74, 6) is -0.233. The molecule has 0 aromatic rings. The molecule has 1 aliphatic carbocycles. The van der Waals surface area contributed by atoms with Crippen molar-refractivity contribution in [1.82, 2.24) is 4.90 Å². The Balaban J connectivity index is 2.31. The summed E-state index contributed by atoms with van der Waals surface area (Å²) in [7, 11) is 0. The van der Waals surface area contributed by atoms with Crippen LogP contribution >= 0.6 is 0 Å². The first kappa shape index (κ1) is 16.7. The summed E-state index contributed by atoms with van der Waals surface area (Å²) in [6.07, 6.45) is 7.60. The van der Waals surface area contributed by atoms with Crippen molar-refractivity contribution in [1.29, 1.82) is 0 Å². The van der Waals surface area contributed by atoms with Crippen molar-refractivity contribution in [3.05, 3.63) is 47.7 Å². The van der Waals surface area contributed by atoms with Crippen LogP contribution in [0.5, 0.6) is 0 Å². The van der Waals surface area contributed by atoms with Gasteiger partial charge in [0.05, 0.1) is 6.61 Å². The summed E-state index contributed by atoms with van der Waals surface area (Å²) in [6.45, 7) is 5.18. The van der Waals surface area contributed by atoms with Gasteiger partial charge in [0.15, 0.2) is 11.6 Å². The Labute approximate surface area is 134 Å². The monoisotopic (exact) mass is 317 g/mol. The number of nitrogens with zero attached hydrogens (tertiary/aromatic N) is 1. The summed E-state index contributed by atoms with van der Waals surface area (Å²) in [6, 6.07) is -0.540. The zero-order valence-corrected chi connectivity index (χ0v) is 13.4. The normalized spacial score (nSPS) is 18.5. The predicted octanol–water partition coefficient (Wildman–Crippen LogP) is 2.00. The Kier molecular flexibility index (Phi) is 5.16. The van der Waals surface area contributed by atoms with E-state index in [1.54, 1.807) is 31.1 Å². The minimum atomic E-state index is -0.540. The molecule has 6 nitrogen and oxygen atoms in total. The number of allylic oxidation sites excluding steroid dienone is 4. The molecular weight excluding hydrogens is 298 g/mol. The van der Waals surface area contributed by atoms with Crippen LogP contribution in [-0.2, 0) is 23.9 Å². The lowest BCUT2D eigenvalue weighted by Crippen LogP contribution is -2.34. The zero-order chi connectivity index (χ0) is 17.0. The van der Waals surface area contributed by atoms with Crippen LogP contribution < -0.4 is 0 Å². The van der Waals surface area contributed by atoms with Crippen LogP contribution in [0.2, 0.25) is 0 Å². The van der Waals surface area contributed by atoms with Crippen molar-refractivity contribution in [2.45, 2.75) is 33.2 Å². The van der Waals surface area contributed by atoms with Crippen LogP contribution in [0.3, 0.4) is 0 Å². The standard InChI is InChI=1S/C17H19NO5/c1-4-22-17(21)11(2)18-7-8-23-16(10-18)15-9-13(20)5-6-14(15)12(3)19/h5-8,10-11H,4,9H2,1-3H3. The highest BCUT2D eigenvalue weighted by atomic mass is 16.5. The lowest BCUT2D eigenvalue weighted by molar-refractivity contribution is -0.147. The molecule has 1 heterocycles. The van der Waals surface area contributed by atoms with Gasteiger partial charge in [0.2, 0.25) is 0 Å². The summed E-state index contributed by atoms with van der Waals surface area (Å²) >= 11 is 0. The van der Waals surface area contributed by atoms with Gasteiger partial charge in [-0.15, -0.1) is 0 Å². The minimum absolute atomic E-state index is 0.0900. The Hall–Kier alpha value is -2.63. The van der Waals surface area contributed by atoms with Gasteiger partial charge in [-0.25, -0.2) is 4.79 Å². The van der Waals surface area contributed by atoms with Crippen molar-refractivity contribution in [3.63, 3.8) is 0 Å². The lowest BCUT2D eigenvalue weighted by atomic mass is 9.93. The zero-order valence-electron chi connectivity index (χ0n) is 13.4. The molecule has 122 valence electrons. The molecule has 0 spiro atoms. The average molecular weight is 317 g/mol. The Bertz CT molecular complexity index is 654. The number of hydrogen-bond donors (Lipinski definition) is 0. The van der Waals surface area contributed by atoms with Crippen LogP contribution in [0, 0.1) is 0 Å². The van der Waals surface area contributed by atoms with E-state index in [1.807, 2.05) is 0 Å². The summed E-state index contributed by atoms with van der Waals surface area (Å²) in [4.78, 5) is 36.9. The first-order valence-corrected chi connectivity index (χ1v) is 7.38. The molecule has 0 saturated carbocycles. The van der Waals surface area contributed by atoms with E-state index in [0.717, 1.165) is 0 Å².